The fourth-order valence-corrected chi connectivity index (χ4v) is 4.34. The van der Waals surface area contributed by atoms with E-state index in [1.807, 2.05) is 24.3 Å². The smallest absolute Gasteiger partial charge is 0.194 e. The van der Waals surface area contributed by atoms with Gasteiger partial charge in [-0.05, 0) is 65.6 Å². The van der Waals surface area contributed by atoms with Crippen molar-refractivity contribution in [2.45, 2.75) is 38.5 Å². The molecule has 3 aromatic carbocycles. The molecule has 172 valence electrons. The first kappa shape index (κ1) is 23.1. The Morgan fingerprint density at radius 3 is 1.82 bits per heavy atom. The van der Waals surface area contributed by atoms with E-state index < -0.39 is 46.0 Å². The molecule has 0 aromatic heterocycles. The molecule has 0 atom stereocenters. The molecule has 33 heavy (non-hydrogen) atoms. The van der Waals surface area contributed by atoms with Gasteiger partial charge < -0.3 is 0 Å². The van der Waals surface area contributed by atoms with Gasteiger partial charge in [0.15, 0.2) is 29.1 Å². The molecule has 1 aliphatic carbocycles. The van der Waals surface area contributed by atoms with Gasteiger partial charge in [-0.3, -0.25) is 0 Å². The topological polar surface area (TPSA) is 0 Å². The zero-order valence-electron chi connectivity index (χ0n) is 17.9. The summed E-state index contributed by atoms with van der Waals surface area (Å²) in [6, 6.07) is 12.0. The summed E-state index contributed by atoms with van der Waals surface area (Å²) < 4.78 is 83.4. The summed E-state index contributed by atoms with van der Waals surface area (Å²) in [5, 5.41) is 0. The average molecular weight is 460 g/mol. The highest BCUT2D eigenvalue weighted by atomic mass is 19.2. The van der Waals surface area contributed by atoms with E-state index in [0.29, 0.717) is 23.6 Å². The molecule has 1 fully saturated rings. The van der Waals surface area contributed by atoms with Crippen LogP contribution in [0.1, 0.15) is 55.2 Å². The lowest BCUT2D eigenvalue weighted by atomic mass is 9.79. The van der Waals surface area contributed by atoms with Crippen LogP contribution in [-0.4, -0.2) is 0 Å². The van der Waals surface area contributed by atoms with Crippen molar-refractivity contribution >= 4 is 11.7 Å². The summed E-state index contributed by atoms with van der Waals surface area (Å²) in [4.78, 5) is 0. The van der Waals surface area contributed by atoms with Crippen LogP contribution in [0.15, 0.2) is 54.6 Å². The Hall–Kier alpha value is -3.02. The van der Waals surface area contributed by atoms with Crippen molar-refractivity contribution in [1.82, 2.24) is 0 Å². The maximum absolute atomic E-state index is 14.6. The van der Waals surface area contributed by atoms with Crippen LogP contribution in [0.4, 0.5) is 26.3 Å². The van der Waals surface area contributed by atoms with Gasteiger partial charge in [-0.2, -0.15) is 0 Å². The molecule has 0 saturated heterocycles. The van der Waals surface area contributed by atoms with Crippen molar-refractivity contribution < 1.29 is 26.3 Å². The molecule has 1 aliphatic rings. The maximum atomic E-state index is 14.6. The summed E-state index contributed by atoms with van der Waals surface area (Å²) in [6.07, 6.45) is 4.68. The minimum absolute atomic E-state index is 0.314. The van der Waals surface area contributed by atoms with E-state index in [1.54, 1.807) is 0 Å². The van der Waals surface area contributed by atoms with E-state index in [-0.39, 0.29) is 0 Å². The molecule has 0 bridgehead atoms. The SMILES string of the molecule is CC1CCC(c2ccc(-c3ccc(/C(F)=C(\F)c4cc(F)c(F)c(F)c4)c(F)c3)cc2)CC1. The summed E-state index contributed by atoms with van der Waals surface area (Å²) in [7, 11) is 0. The van der Waals surface area contributed by atoms with Crippen molar-refractivity contribution in [2.75, 3.05) is 0 Å². The van der Waals surface area contributed by atoms with Gasteiger partial charge in [0.1, 0.15) is 5.82 Å². The summed E-state index contributed by atoms with van der Waals surface area (Å²) in [5.41, 5.74) is 0.875. The first-order chi connectivity index (χ1) is 15.7. The lowest BCUT2D eigenvalue weighted by Gasteiger charge is -2.26. The predicted molar refractivity (Wildman–Crippen MR) is 118 cm³/mol. The number of halogens is 6. The van der Waals surface area contributed by atoms with E-state index in [9.17, 15) is 26.3 Å². The third-order valence-electron chi connectivity index (χ3n) is 6.37. The van der Waals surface area contributed by atoms with Crippen LogP contribution in [0.25, 0.3) is 22.8 Å². The second-order valence-electron chi connectivity index (χ2n) is 8.66. The van der Waals surface area contributed by atoms with Crippen LogP contribution in [0.3, 0.4) is 0 Å². The van der Waals surface area contributed by atoms with Crippen LogP contribution in [0.5, 0.6) is 0 Å². The van der Waals surface area contributed by atoms with Crippen molar-refractivity contribution in [3.8, 4) is 11.1 Å². The van der Waals surface area contributed by atoms with Crippen LogP contribution >= 0.6 is 0 Å². The van der Waals surface area contributed by atoms with Crippen molar-refractivity contribution in [3.05, 3.63) is 94.6 Å². The van der Waals surface area contributed by atoms with Gasteiger partial charge in [0, 0.05) is 11.1 Å². The molecule has 0 nitrogen and oxygen atoms in total. The molecule has 0 unspecified atom stereocenters. The monoisotopic (exact) mass is 460 g/mol. The second kappa shape index (κ2) is 9.46. The Morgan fingerprint density at radius 1 is 0.667 bits per heavy atom. The quantitative estimate of drug-likeness (QED) is 0.207. The Labute approximate surface area is 188 Å². The normalized spacial score (nSPS) is 19.4. The largest absolute Gasteiger partial charge is 0.206 e. The van der Waals surface area contributed by atoms with E-state index in [0.717, 1.165) is 36.5 Å². The van der Waals surface area contributed by atoms with Gasteiger partial charge in [-0.1, -0.05) is 50.1 Å². The van der Waals surface area contributed by atoms with Crippen LogP contribution in [0.2, 0.25) is 0 Å². The van der Waals surface area contributed by atoms with Crippen molar-refractivity contribution in [1.29, 1.82) is 0 Å². The molecule has 0 aliphatic heterocycles. The fraction of sp³-hybridized carbons (Fsp3) is 0.259. The van der Waals surface area contributed by atoms with Crippen LogP contribution < -0.4 is 0 Å². The van der Waals surface area contributed by atoms with Gasteiger partial charge in [0.05, 0.1) is 0 Å². The van der Waals surface area contributed by atoms with E-state index in [4.69, 9.17) is 0 Å². The number of hydrogen-bond donors (Lipinski definition) is 0. The van der Waals surface area contributed by atoms with Gasteiger partial charge in [0.25, 0.3) is 0 Å². The first-order valence-corrected chi connectivity index (χ1v) is 10.8. The molecule has 0 radical (unpaired) electrons. The highest BCUT2D eigenvalue weighted by molar-refractivity contribution is 5.84. The fourth-order valence-electron chi connectivity index (χ4n) is 4.34. The molecule has 4 rings (SSSR count). The zero-order valence-corrected chi connectivity index (χ0v) is 17.9. The Kier molecular flexibility index (Phi) is 6.63. The van der Waals surface area contributed by atoms with E-state index in [2.05, 4.69) is 6.92 Å². The van der Waals surface area contributed by atoms with E-state index in [1.165, 1.54) is 24.5 Å². The third-order valence-corrected chi connectivity index (χ3v) is 6.37. The Morgan fingerprint density at radius 2 is 1.24 bits per heavy atom. The molecule has 0 spiro atoms. The van der Waals surface area contributed by atoms with Gasteiger partial charge in [0.2, 0.25) is 0 Å². The van der Waals surface area contributed by atoms with Gasteiger partial charge >= 0.3 is 0 Å². The molecule has 3 aromatic rings. The highest BCUT2D eigenvalue weighted by Gasteiger charge is 2.21. The van der Waals surface area contributed by atoms with Gasteiger partial charge in [-0.25, -0.2) is 26.3 Å². The molecule has 0 heterocycles. The summed E-state index contributed by atoms with van der Waals surface area (Å²) in [6.45, 7) is 2.26. The molecule has 0 N–H and O–H groups in total. The summed E-state index contributed by atoms with van der Waals surface area (Å²) in [5.74, 6) is -8.23. The molecular weight excluding hydrogens is 438 g/mol. The third kappa shape index (κ3) is 4.85. The molecule has 6 heteroatoms. The van der Waals surface area contributed by atoms with Crippen molar-refractivity contribution in [3.63, 3.8) is 0 Å². The second-order valence-corrected chi connectivity index (χ2v) is 8.66. The standard InChI is InChI=1S/C27H22F6/c1-15-2-4-16(5-3-15)17-6-8-18(9-7-17)19-10-11-21(22(28)12-19)26(32)25(31)20-13-23(29)27(33)24(30)14-20/h6-16H,2-5H2,1H3/b26-25+. The lowest BCUT2D eigenvalue weighted by molar-refractivity contribution is 0.348. The maximum Gasteiger partial charge on any atom is 0.194 e. The van der Waals surface area contributed by atoms with E-state index >= 15 is 0 Å². The lowest BCUT2D eigenvalue weighted by Crippen LogP contribution is -2.10. The minimum Gasteiger partial charge on any atom is -0.206 e. The minimum atomic E-state index is -1.80. The molecular formula is C27H22F6. The number of benzene rings is 3. The zero-order chi connectivity index (χ0) is 23.7. The number of hydrogen-bond acceptors (Lipinski definition) is 0. The van der Waals surface area contributed by atoms with Crippen LogP contribution in [0, 0.1) is 29.2 Å². The Bertz CT molecular complexity index is 1160. The molecule has 0 amide bonds. The first-order valence-electron chi connectivity index (χ1n) is 10.8. The predicted octanol–water partition coefficient (Wildman–Crippen LogP) is 8.97. The number of rotatable bonds is 4. The average Bonchev–Trinajstić information content (AvgIpc) is 2.82. The highest BCUT2D eigenvalue weighted by Crippen LogP contribution is 2.37. The Balaban J connectivity index is 1.58. The van der Waals surface area contributed by atoms with Crippen LogP contribution in [-0.2, 0) is 0 Å². The van der Waals surface area contributed by atoms with Gasteiger partial charge in [-0.15, -0.1) is 0 Å². The van der Waals surface area contributed by atoms with Crippen molar-refractivity contribution in [2.24, 2.45) is 5.92 Å². The summed E-state index contributed by atoms with van der Waals surface area (Å²) >= 11 is 0. The molecule has 1 saturated carbocycles.